The number of thioether (sulfide) groups is 1. The number of anilines is 2. The van der Waals surface area contributed by atoms with Gasteiger partial charge in [0.25, 0.3) is 0 Å². The van der Waals surface area contributed by atoms with Crippen molar-refractivity contribution in [1.82, 2.24) is 4.98 Å². The Hall–Kier alpha value is -3.16. The van der Waals surface area contributed by atoms with Crippen LogP contribution < -0.4 is 10.6 Å². The minimum Gasteiger partial charge on any atom is -0.326 e. The summed E-state index contributed by atoms with van der Waals surface area (Å²) in [6.45, 7) is 3.55. The predicted octanol–water partition coefficient (Wildman–Crippen LogP) is 5.96. The second kappa shape index (κ2) is 9.32. The van der Waals surface area contributed by atoms with E-state index in [1.54, 1.807) is 11.3 Å². The van der Waals surface area contributed by atoms with Gasteiger partial charge in [-0.05, 0) is 73.2 Å². The third-order valence-electron chi connectivity index (χ3n) is 4.50. The molecule has 0 atom stereocenters. The summed E-state index contributed by atoms with van der Waals surface area (Å²) in [4.78, 5) is 29.0. The van der Waals surface area contributed by atoms with Gasteiger partial charge in [0, 0.05) is 28.8 Å². The molecule has 7 heteroatoms. The van der Waals surface area contributed by atoms with Gasteiger partial charge >= 0.3 is 0 Å². The van der Waals surface area contributed by atoms with Crippen LogP contribution in [-0.4, -0.2) is 22.6 Å². The highest BCUT2D eigenvalue weighted by molar-refractivity contribution is 8.00. The maximum atomic E-state index is 12.3. The molecule has 2 amide bonds. The first-order valence-electron chi connectivity index (χ1n) is 9.74. The fourth-order valence-electron chi connectivity index (χ4n) is 3.04. The van der Waals surface area contributed by atoms with Crippen LogP contribution in [0, 0.1) is 6.92 Å². The van der Waals surface area contributed by atoms with E-state index in [0.717, 1.165) is 32.4 Å². The van der Waals surface area contributed by atoms with Crippen molar-refractivity contribution in [2.24, 2.45) is 0 Å². The molecule has 2 N–H and O–H groups in total. The Morgan fingerprint density at radius 2 is 1.61 bits per heavy atom. The van der Waals surface area contributed by atoms with Gasteiger partial charge in [-0.2, -0.15) is 0 Å². The number of thiazole rings is 1. The number of nitrogens with zero attached hydrogens (tertiary/aromatic N) is 1. The van der Waals surface area contributed by atoms with Crippen LogP contribution >= 0.6 is 23.1 Å². The number of aryl methyl sites for hydroxylation is 1. The normalized spacial score (nSPS) is 10.8. The minimum atomic E-state index is -0.107. The van der Waals surface area contributed by atoms with E-state index in [1.807, 2.05) is 54.6 Å². The summed E-state index contributed by atoms with van der Waals surface area (Å²) in [7, 11) is 0. The lowest BCUT2D eigenvalue weighted by molar-refractivity contribution is -0.114. The Morgan fingerprint density at radius 3 is 2.32 bits per heavy atom. The molecule has 0 saturated heterocycles. The molecule has 1 heterocycles. The Bertz CT molecular complexity index is 1230. The second-order valence-corrected chi connectivity index (χ2v) is 9.19. The lowest BCUT2D eigenvalue weighted by atomic mass is 10.2. The highest BCUT2D eigenvalue weighted by atomic mass is 32.2. The van der Waals surface area contributed by atoms with Crippen LogP contribution in [0.1, 0.15) is 12.5 Å². The minimum absolute atomic E-state index is 0.0702. The fraction of sp³-hybridized carbons (Fsp3) is 0.125. The molecule has 5 nitrogen and oxygen atoms in total. The van der Waals surface area contributed by atoms with Crippen molar-refractivity contribution in [1.29, 1.82) is 0 Å². The topological polar surface area (TPSA) is 71.1 Å². The highest BCUT2D eigenvalue weighted by Gasteiger charge is 2.08. The molecule has 0 unspecified atom stereocenters. The summed E-state index contributed by atoms with van der Waals surface area (Å²) < 4.78 is 1.18. The van der Waals surface area contributed by atoms with E-state index in [1.165, 1.54) is 28.9 Å². The molecule has 31 heavy (non-hydrogen) atoms. The number of hydrogen-bond acceptors (Lipinski definition) is 5. The van der Waals surface area contributed by atoms with Gasteiger partial charge < -0.3 is 10.6 Å². The monoisotopic (exact) mass is 447 g/mol. The van der Waals surface area contributed by atoms with Crippen molar-refractivity contribution in [2.75, 3.05) is 16.4 Å². The summed E-state index contributed by atoms with van der Waals surface area (Å²) in [5.41, 5.74) is 4.76. The van der Waals surface area contributed by atoms with Crippen LogP contribution in [-0.2, 0) is 9.59 Å². The number of fused-ring (bicyclic) bond motifs is 1. The van der Waals surface area contributed by atoms with Gasteiger partial charge in [-0.1, -0.05) is 6.07 Å². The van der Waals surface area contributed by atoms with E-state index in [-0.39, 0.29) is 11.8 Å². The maximum absolute atomic E-state index is 12.3. The van der Waals surface area contributed by atoms with Crippen LogP contribution in [0.25, 0.3) is 20.8 Å². The number of aromatic nitrogens is 1. The summed E-state index contributed by atoms with van der Waals surface area (Å²) in [5.74, 6) is 0.126. The van der Waals surface area contributed by atoms with Gasteiger partial charge in [0.15, 0.2) is 0 Å². The van der Waals surface area contributed by atoms with Crippen LogP contribution in [0.3, 0.4) is 0 Å². The molecular weight excluding hydrogens is 426 g/mol. The highest BCUT2D eigenvalue weighted by Crippen LogP contribution is 2.31. The number of amides is 2. The first-order chi connectivity index (χ1) is 15.0. The molecule has 0 fully saturated rings. The third kappa shape index (κ3) is 5.51. The SMILES string of the molecule is CC(=O)Nc1ccc(SCC(=O)Nc2ccc(-c3nc4ccc(C)cc4s3)cc2)cc1. The summed E-state index contributed by atoms with van der Waals surface area (Å²) in [6, 6.07) is 21.4. The molecule has 4 rings (SSSR count). The molecule has 156 valence electrons. The van der Waals surface area contributed by atoms with E-state index in [9.17, 15) is 9.59 Å². The van der Waals surface area contributed by atoms with E-state index in [0.29, 0.717) is 5.75 Å². The predicted molar refractivity (Wildman–Crippen MR) is 130 cm³/mol. The largest absolute Gasteiger partial charge is 0.326 e. The van der Waals surface area contributed by atoms with Crippen molar-refractivity contribution in [3.63, 3.8) is 0 Å². The molecule has 0 spiro atoms. The quantitative estimate of drug-likeness (QED) is 0.358. The Kier molecular flexibility index (Phi) is 6.34. The van der Waals surface area contributed by atoms with Crippen molar-refractivity contribution >= 4 is 56.5 Å². The zero-order valence-electron chi connectivity index (χ0n) is 17.1. The van der Waals surface area contributed by atoms with Crippen LogP contribution in [0.2, 0.25) is 0 Å². The van der Waals surface area contributed by atoms with E-state index < -0.39 is 0 Å². The van der Waals surface area contributed by atoms with Gasteiger partial charge in [-0.3, -0.25) is 9.59 Å². The molecule has 1 aromatic heterocycles. The smallest absolute Gasteiger partial charge is 0.234 e. The lowest BCUT2D eigenvalue weighted by Crippen LogP contribution is -2.13. The molecule has 0 radical (unpaired) electrons. The van der Waals surface area contributed by atoms with Crippen LogP contribution in [0.15, 0.2) is 71.6 Å². The average molecular weight is 448 g/mol. The van der Waals surface area contributed by atoms with Gasteiger partial charge in [0.2, 0.25) is 11.8 Å². The van der Waals surface area contributed by atoms with E-state index >= 15 is 0 Å². The first-order valence-corrected chi connectivity index (χ1v) is 11.5. The number of nitrogens with one attached hydrogen (secondary N) is 2. The van der Waals surface area contributed by atoms with Gasteiger partial charge in [0.05, 0.1) is 16.0 Å². The molecule has 4 aromatic rings. The molecular formula is C24H21N3O2S2. The summed E-state index contributed by atoms with van der Waals surface area (Å²) >= 11 is 3.11. The molecule has 0 aliphatic rings. The zero-order chi connectivity index (χ0) is 21.8. The standard InChI is InChI=1S/C24H21N3O2S2/c1-15-3-12-21-22(13-15)31-24(27-21)17-4-6-19(7-5-17)26-23(29)14-30-20-10-8-18(9-11-20)25-16(2)28/h3-13H,14H2,1-2H3,(H,25,28)(H,26,29). The molecule has 0 saturated carbocycles. The number of carbonyl (C=O) groups excluding carboxylic acids is 2. The van der Waals surface area contributed by atoms with Crippen molar-refractivity contribution in [3.05, 3.63) is 72.3 Å². The number of benzene rings is 3. The van der Waals surface area contributed by atoms with Crippen molar-refractivity contribution < 1.29 is 9.59 Å². The zero-order valence-corrected chi connectivity index (χ0v) is 18.8. The molecule has 0 aliphatic heterocycles. The van der Waals surface area contributed by atoms with Crippen LogP contribution in [0.5, 0.6) is 0 Å². The molecule has 0 aliphatic carbocycles. The van der Waals surface area contributed by atoms with E-state index in [2.05, 4.69) is 29.7 Å². The summed E-state index contributed by atoms with van der Waals surface area (Å²) in [6.07, 6.45) is 0. The van der Waals surface area contributed by atoms with Gasteiger partial charge in [0.1, 0.15) is 5.01 Å². The molecule has 3 aromatic carbocycles. The first kappa shape index (κ1) is 21.1. The van der Waals surface area contributed by atoms with Crippen molar-refractivity contribution in [2.45, 2.75) is 18.7 Å². The number of hydrogen-bond donors (Lipinski definition) is 2. The van der Waals surface area contributed by atoms with E-state index in [4.69, 9.17) is 4.98 Å². The lowest BCUT2D eigenvalue weighted by Gasteiger charge is -2.07. The Morgan fingerprint density at radius 1 is 0.935 bits per heavy atom. The van der Waals surface area contributed by atoms with Crippen molar-refractivity contribution in [3.8, 4) is 10.6 Å². The Balaban J connectivity index is 1.33. The van der Waals surface area contributed by atoms with Gasteiger partial charge in [-0.15, -0.1) is 23.1 Å². The maximum Gasteiger partial charge on any atom is 0.234 e. The van der Waals surface area contributed by atoms with Gasteiger partial charge in [-0.25, -0.2) is 4.98 Å². The van der Waals surface area contributed by atoms with Crippen LogP contribution in [0.4, 0.5) is 11.4 Å². The number of carbonyl (C=O) groups is 2. The number of rotatable bonds is 6. The Labute approximate surface area is 188 Å². The molecule has 0 bridgehead atoms. The summed E-state index contributed by atoms with van der Waals surface area (Å²) in [5, 5.41) is 6.62. The second-order valence-electron chi connectivity index (χ2n) is 7.11. The third-order valence-corrected chi connectivity index (χ3v) is 6.58. The average Bonchev–Trinajstić information content (AvgIpc) is 3.16. The fourth-order valence-corrected chi connectivity index (χ4v) is 4.80.